The summed E-state index contributed by atoms with van der Waals surface area (Å²) in [5.41, 5.74) is 0.0154. The van der Waals surface area contributed by atoms with E-state index in [1.54, 1.807) is 4.90 Å². The standard InChI is InChI=1S/C38H60N2O3/c1-27-19-20-29-33(5,6)21-16-22-37(29,12)38(27)24-23-36(11,43-38)25-30(41)40(26-28-17-14-13-15-18-28)34(7,8)31(42)39-35(9,10)32(2,3)4/h13-15,17-19,29H,16,20-26H2,1-12H3,(H,39,42)/t29-,36-,37-,38+/m0/s1. The smallest absolute Gasteiger partial charge is 0.245 e. The SMILES string of the molecule is CC1=CC[C@H]2C(C)(C)CCC[C@]2(C)[C@@]12CC[C@@](C)(CC(=O)N(Cc1ccccc1)C(C)(C)C(=O)NC(C)(C)C(C)(C)C)O2. The largest absolute Gasteiger partial charge is 0.363 e. The van der Waals surface area contributed by atoms with Crippen molar-refractivity contribution in [2.24, 2.45) is 22.2 Å². The molecule has 3 aliphatic rings. The summed E-state index contributed by atoms with van der Waals surface area (Å²) in [7, 11) is 0. The van der Waals surface area contributed by atoms with Gasteiger partial charge >= 0.3 is 0 Å². The van der Waals surface area contributed by atoms with Gasteiger partial charge in [0.25, 0.3) is 0 Å². The molecule has 1 aromatic carbocycles. The van der Waals surface area contributed by atoms with E-state index in [1.165, 1.54) is 18.4 Å². The average molecular weight is 593 g/mol. The Labute approximate surface area is 262 Å². The van der Waals surface area contributed by atoms with E-state index >= 15 is 0 Å². The summed E-state index contributed by atoms with van der Waals surface area (Å²) in [5.74, 6) is 0.371. The number of carbonyl (C=O) groups excluding carboxylic acids is 2. The first kappa shape index (κ1) is 33.7. The number of carbonyl (C=O) groups is 2. The van der Waals surface area contributed by atoms with Crippen LogP contribution in [0.15, 0.2) is 42.0 Å². The number of fused-ring (bicyclic) bond motifs is 2. The molecule has 1 heterocycles. The molecule has 5 nitrogen and oxygen atoms in total. The summed E-state index contributed by atoms with van der Waals surface area (Å²) < 4.78 is 7.31. The molecule has 2 aliphatic carbocycles. The predicted octanol–water partition coefficient (Wildman–Crippen LogP) is 8.62. The Morgan fingerprint density at radius 3 is 2.16 bits per heavy atom. The number of ether oxygens (including phenoxy) is 1. The van der Waals surface area contributed by atoms with Crippen molar-refractivity contribution in [1.82, 2.24) is 10.2 Å². The quantitative estimate of drug-likeness (QED) is 0.323. The number of rotatable bonds is 7. The monoisotopic (exact) mass is 592 g/mol. The first-order valence-electron chi connectivity index (χ1n) is 16.6. The lowest BCUT2D eigenvalue weighted by atomic mass is 9.46. The van der Waals surface area contributed by atoms with Crippen LogP contribution < -0.4 is 5.32 Å². The van der Waals surface area contributed by atoms with Crippen molar-refractivity contribution in [3.8, 4) is 0 Å². The lowest BCUT2D eigenvalue weighted by Crippen LogP contribution is -2.63. The molecule has 2 fully saturated rings. The van der Waals surface area contributed by atoms with Crippen LogP contribution >= 0.6 is 0 Å². The van der Waals surface area contributed by atoms with E-state index in [4.69, 9.17) is 4.74 Å². The second-order valence-electron chi connectivity index (χ2n) is 17.3. The van der Waals surface area contributed by atoms with Gasteiger partial charge in [0.05, 0.1) is 17.6 Å². The molecule has 1 saturated carbocycles. The van der Waals surface area contributed by atoms with Crippen LogP contribution in [0.1, 0.15) is 134 Å². The molecule has 1 aliphatic heterocycles. The summed E-state index contributed by atoms with van der Waals surface area (Å²) in [6.45, 7) is 26.3. The minimum absolute atomic E-state index is 0.0375. The molecule has 43 heavy (non-hydrogen) atoms. The minimum Gasteiger partial charge on any atom is -0.363 e. The highest BCUT2D eigenvalue weighted by molar-refractivity contribution is 5.91. The molecular weight excluding hydrogens is 532 g/mol. The molecule has 240 valence electrons. The molecule has 1 aromatic rings. The molecule has 1 N–H and O–H groups in total. The molecule has 0 unspecified atom stereocenters. The van der Waals surface area contributed by atoms with Crippen LogP contribution in [0.3, 0.4) is 0 Å². The number of hydrogen-bond donors (Lipinski definition) is 1. The Balaban J connectivity index is 1.64. The Hall–Kier alpha value is -2.14. The van der Waals surface area contributed by atoms with Crippen molar-refractivity contribution in [3.05, 3.63) is 47.5 Å². The molecule has 0 aromatic heterocycles. The van der Waals surface area contributed by atoms with E-state index in [0.717, 1.165) is 31.2 Å². The fraction of sp³-hybridized carbons (Fsp3) is 0.737. The van der Waals surface area contributed by atoms with E-state index < -0.39 is 16.7 Å². The Kier molecular flexibility index (Phi) is 8.66. The number of hydrogen-bond acceptors (Lipinski definition) is 3. The minimum atomic E-state index is -1.06. The molecule has 0 bridgehead atoms. The zero-order valence-corrected chi connectivity index (χ0v) is 29.4. The number of nitrogens with zero attached hydrogens (tertiary/aromatic N) is 1. The van der Waals surface area contributed by atoms with E-state index in [9.17, 15) is 9.59 Å². The second-order valence-corrected chi connectivity index (χ2v) is 17.3. The first-order valence-corrected chi connectivity index (χ1v) is 16.6. The molecule has 4 atom stereocenters. The summed E-state index contributed by atoms with van der Waals surface area (Å²) in [4.78, 5) is 30.3. The van der Waals surface area contributed by atoms with Gasteiger partial charge in [-0.25, -0.2) is 0 Å². The highest BCUT2D eigenvalue weighted by atomic mass is 16.5. The van der Waals surface area contributed by atoms with Gasteiger partial charge in [0.2, 0.25) is 11.8 Å². The lowest BCUT2D eigenvalue weighted by Gasteiger charge is -2.61. The highest BCUT2D eigenvalue weighted by Gasteiger charge is 2.64. The third-order valence-corrected chi connectivity index (χ3v) is 12.4. The van der Waals surface area contributed by atoms with Crippen LogP contribution in [0.5, 0.6) is 0 Å². The van der Waals surface area contributed by atoms with Crippen molar-refractivity contribution in [3.63, 3.8) is 0 Å². The fourth-order valence-corrected chi connectivity index (χ4v) is 8.39. The summed E-state index contributed by atoms with van der Waals surface area (Å²) in [5, 5.41) is 3.29. The first-order chi connectivity index (χ1) is 19.6. The van der Waals surface area contributed by atoms with Gasteiger partial charge in [-0.3, -0.25) is 9.59 Å². The van der Waals surface area contributed by atoms with E-state index in [0.29, 0.717) is 12.5 Å². The van der Waals surface area contributed by atoms with Crippen LogP contribution in [-0.2, 0) is 20.9 Å². The maximum absolute atomic E-state index is 14.5. The summed E-state index contributed by atoms with van der Waals surface area (Å²) in [6.07, 6.45) is 9.18. The van der Waals surface area contributed by atoms with Gasteiger partial charge in [0.15, 0.2) is 0 Å². The molecule has 0 radical (unpaired) electrons. The molecule has 1 saturated heterocycles. The van der Waals surface area contributed by atoms with Gasteiger partial charge in [-0.15, -0.1) is 0 Å². The number of allylic oxidation sites excluding steroid dienone is 1. The van der Waals surface area contributed by atoms with Gasteiger partial charge in [-0.05, 0) is 102 Å². The average Bonchev–Trinajstić information content (AvgIpc) is 3.23. The van der Waals surface area contributed by atoms with Gasteiger partial charge in [-0.1, -0.05) is 84.4 Å². The van der Waals surface area contributed by atoms with Gasteiger partial charge in [-0.2, -0.15) is 0 Å². The zero-order valence-electron chi connectivity index (χ0n) is 29.4. The molecular formula is C38H60N2O3. The molecule has 2 amide bonds. The van der Waals surface area contributed by atoms with Gasteiger partial charge in [0.1, 0.15) is 5.54 Å². The van der Waals surface area contributed by atoms with E-state index in [-0.39, 0.29) is 40.1 Å². The van der Waals surface area contributed by atoms with Crippen LogP contribution in [0.2, 0.25) is 0 Å². The van der Waals surface area contributed by atoms with Gasteiger partial charge < -0.3 is 15.0 Å². The van der Waals surface area contributed by atoms with Crippen LogP contribution in [-0.4, -0.2) is 39.0 Å². The normalized spacial score (nSPS) is 30.9. The van der Waals surface area contributed by atoms with E-state index in [2.05, 4.69) is 80.6 Å². The van der Waals surface area contributed by atoms with Crippen LogP contribution in [0.25, 0.3) is 0 Å². The predicted molar refractivity (Wildman–Crippen MR) is 176 cm³/mol. The summed E-state index contributed by atoms with van der Waals surface area (Å²) >= 11 is 0. The third kappa shape index (κ3) is 5.97. The molecule has 4 rings (SSSR count). The second kappa shape index (κ2) is 11.0. The Morgan fingerprint density at radius 2 is 1.56 bits per heavy atom. The molecule has 5 heteroatoms. The number of amides is 2. The number of benzene rings is 1. The van der Waals surface area contributed by atoms with E-state index in [1.807, 2.05) is 44.2 Å². The number of nitrogens with one attached hydrogen (secondary N) is 1. The fourth-order valence-electron chi connectivity index (χ4n) is 8.39. The van der Waals surface area contributed by atoms with Crippen molar-refractivity contribution >= 4 is 11.8 Å². The Morgan fingerprint density at radius 1 is 0.930 bits per heavy atom. The Bertz CT molecular complexity index is 1240. The maximum atomic E-state index is 14.5. The van der Waals surface area contributed by atoms with Crippen molar-refractivity contribution in [2.45, 2.75) is 157 Å². The van der Waals surface area contributed by atoms with Crippen molar-refractivity contribution in [2.75, 3.05) is 0 Å². The highest BCUT2D eigenvalue weighted by Crippen LogP contribution is 2.66. The van der Waals surface area contributed by atoms with Crippen molar-refractivity contribution < 1.29 is 14.3 Å². The summed E-state index contributed by atoms with van der Waals surface area (Å²) in [6, 6.07) is 10.0. The van der Waals surface area contributed by atoms with Gasteiger partial charge in [0, 0.05) is 17.5 Å². The maximum Gasteiger partial charge on any atom is 0.245 e. The van der Waals surface area contributed by atoms with Crippen LogP contribution in [0, 0.1) is 22.2 Å². The molecule has 1 spiro atoms. The third-order valence-electron chi connectivity index (χ3n) is 12.4. The van der Waals surface area contributed by atoms with Crippen molar-refractivity contribution in [1.29, 1.82) is 0 Å². The topological polar surface area (TPSA) is 58.6 Å². The van der Waals surface area contributed by atoms with Crippen LogP contribution in [0.4, 0.5) is 0 Å². The lowest BCUT2D eigenvalue weighted by molar-refractivity contribution is -0.193. The zero-order chi connectivity index (χ0) is 32.3.